The topological polar surface area (TPSA) is 44.2 Å². The monoisotopic (exact) mass is 135 g/mol. The Hall–Kier alpha value is -0.470. The molecule has 0 unspecified atom stereocenters. The van der Waals surface area contributed by atoms with Crippen molar-refractivity contribution in [2.45, 2.75) is 0 Å². The summed E-state index contributed by atoms with van der Waals surface area (Å²) in [6, 6.07) is 0. The summed E-state index contributed by atoms with van der Waals surface area (Å²) in [5.41, 5.74) is 0. The Kier molecular flexibility index (Phi) is 8.57. The molecule has 0 atom stereocenters. The highest BCUT2D eigenvalue weighted by Gasteiger charge is 1.75. The normalized spacial score (nSPS) is 13.0. The summed E-state index contributed by atoms with van der Waals surface area (Å²) >= 11 is 0. The molecule has 0 aromatic carbocycles. The van der Waals surface area contributed by atoms with Crippen LogP contribution in [-0.4, -0.2) is 6.61 Å². The summed E-state index contributed by atoms with van der Waals surface area (Å²) in [5.74, 6) is 0. The van der Waals surface area contributed by atoms with Gasteiger partial charge in [0.1, 0.15) is 6.61 Å². The number of ether oxygens (including phenoxy) is 1. The van der Waals surface area contributed by atoms with Crippen molar-refractivity contribution < 1.29 is 4.74 Å². The van der Waals surface area contributed by atoms with Crippen molar-refractivity contribution in [2.24, 2.45) is 0 Å². The van der Waals surface area contributed by atoms with Gasteiger partial charge in [-0.2, -0.15) is 0 Å². The van der Waals surface area contributed by atoms with E-state index in [1.54, 1.807) is 6.26 Å². The first-order valence-corrected chi connectivity index (χ1v) is 1.93. The van der Waals surface area contributed by atoms with Crippen LogP contribution < -0.4 is 6.15 Å². The second kappa shape index (κ2) is 6.53. The second-order valence-corrected chi connectivity index (χ2v) is 1.09. The number of halogens is 1. The van der Waals surface area contributed by atoms with Gasteiger partial charge < -0.3 is 10.9 Å². The fourth-order valence-electron chi connectivity index (χ4n) is 0.346. The van der Waals surface area contributed by atoms with Gasteiger partial charge in [0.25, 0.3) is 0 Å². The Morgan fingerprint density at radius 3 is 2.12 bits per heavy atom. The predicted molar refractivity (Wildman–Crippen MR) is 36.5 cm³/mol. The lowest BCUT2D eigenvalue weighted by atomic mass is 10.5. The quantitative estimate of drug-likeness (QED) is 0.549. The Bertz CT molecular complexity index is 78.4. The van der Waals surface area contributed by atoms with Crippen LogP contribution in [0.1, 0.15) is 0 Å². The molecule has 0 bridgehead atoms. The van der Waals surface area contributed by atoms with E-state index in [4.69, 9.17) is 4.74 Å². The van der Waals surface area contributed by atoms with Gasteiger partial charge >= 0.3 is 0 Å². The van der Waals surface area contributed by atoms with Gasteiger partial charge in [-0.3, -0.25) is 0 Å². The van der Waals surface area contributed by atoms with Crippen LogP contribution in [0.2, 0.25) is 0 Å². The van der Waals surface area contributed by atoms with Crippen LogP contribution in [0.5, 0.6) is 0 Å². The van der Waals surface area contributed by atoms with E-state index >= 15 is 0 Å². The summed E-state index contributed by atoms with van der Waals surface area (Å²) in [6.45, 7) is 0.733. The van der Waals surface area contributed by atoms with Crippen molar-refractivity contribution >= 4 is 12.4 Å². The third-order valence-corrected chi connectivity index (χ3v) is 0.614. The highest BCUT2D eigenvalue weighted by Crippen LogP contribution is 1.87. The van der Waals surface area contributed by atoms with E-state index in [0.717, 1.165) is 6.61 Å². The minimum Gasteiger partial charge on any atom is -0.497 e. The zero-order valence-electron chi connectivity index (χ0n) is 4.54. The molecule has 48 valence electrons. The molecular weight excluding hydrogens is 126 g/mol. The van der Waals surface area contributed by atoms with E-state index in [9.17, 15) is 0 Å². The minimum atomic E-state index is 0. The SMILES string of the molecule is C1=CCOC=C1.Cl.N. The van der Waals surface area contributed by atoms with Gasteiger partial charge in [0, 0.05) is 0 Å². The van der Waals surface area contributed by atoms with E-state index < -0.39 is 0 Å². The molecule has 0 aromatic rings. The highest BCUT2D eigenvalue weighted by atomic mass is 35.5. The standard InChI is InChI=1S/C5H6O.ClH.H3N/c1-2-4-6-5-3-1;;/h1-4H,5H2;1H;1H3. The summed E-state index contributed by atoms with van der Waals surface area (Å²) < 4.78 is 4.80. The van der Waals surface area contributed by atoms with Crippen LogP contribution >= 0.6 is 12.4 Å². The fraction of sp³-hybridized carbons (Fsp3) is 0.200. The van der Waals surface area contributed by atoms with Crippen LogP contribution in [0.25, 0.3) is 0 Å². The number of hydrogen-bond donors (Lipinski definition) is 1. The molecule has 0 spiro atoms. The lowest BCUT2D eigenvalue weighted by molar-refractivity contribution is 0.286. The van der Waals surface area contributed by atoms with Gasteiger partial charge in [0.15, 0.2) is 0 Å². The van der Waals surface area contributed by atoms with Gasteiger partial charge in [-0.15, -0.1) is 12.4 Å². The third-order valence-electron chi connectivity index (χ3n) is 0.614. The average molecular weight is 136 g/mol. The zero-order valence-corrected chi connectivity index (χ0v) is 5.36. The first kappa shape index (κ1) is 10.5. The van der Waals surface area contributed by atoms with Gasteiger partial charge in [0.05, 0.1) is 6.26 Å². The van der Waals surface area contributed by atoms with E-state index in [2.05, 4.69) is 0 Å². The van der Waals surface area contributed by atoms with Gasteiger partial charge in [-0.05, 0) is 12.2 Å². The fourth-order valence-corrected chi connectivity index (χ4v) is 0.346. The van der Waals surface area contributed by atoms with E-state index in [1.165, 1.54) is 0 Å². The maximum Gasteiger partial charge on any atom is 0.106 e. The summed E-state index contributed by atoms with van der Waals surface area (Å²) in [7, 11) is 0. The Balaban J connectivity index is 0. The molecule has 0 fully saturated rings. The molecule has 1 aliphatic heterocycles. The molecule has 1 aliphatic rings. The first-order chi connectivity index (χ1) is 3.00. The second-order valence-electron chi connectivity index (χ2n) is 1.09. The molecule has 0 amide bonds. The van der Waals surface area contributed by atoms with Gasteiger partial charge in [-0.1, -0.05) is 6.08 Å². The number of hydrogen-bond acceptors (Lipinski definition) is 2. The Morgan fingerprint density at radius 2 is 2.00 bits per heavy atom. The molecule has 0 radical (unpaired) electrons. The van der Waals surface area contributed by atoms with E-state index in [1.807, 2.05) is 18.2 Å². The summed E-state index contributed by atoms with van der Waals surface area (Å²) in [4.78, 5) is 0. The molecule has 0 aromatic heterocycles. The van der Waals surface area contributed by atoms with Crippen LogP contribution in [0.4, 0.5) is 0 Å². The Morgan fingerprint density at radius 1 is 1.25 bits per heavy atom. The minimum absolute atomic E-state index is 0. The molecule has 3 N–H and O–H groups in total. The van der Waals surface area contributed by atoms with Crippen molar-refractivity contribution in [2.75, 3.05) is 6.61 Å². The van der Waals surface area contributed by atoms with Crippen molar-refractivity contribution in [1.29, 1.82) is 0 Å². The van der Waals surface area contributed by atoms with Gasteiger partial charge in [-0.25, -0.2) is 0 Å². The summed E-state index contributed by atoms with van der Waals surface area (Å²) in [5, 5.41) is 0. The maximum absolute atomic E-state index is 4.80. The van der Waals surface area contributed by atoms with Crippen molar-refractivity contribution in [3.05, 3.63) is 24.5 Å². The molecule has 1 rings (SSSR count). The lowest BCUT2D eigenvalue weighted by Gasteiger charge is -1.94. The summed E-state index contributed by atoms with van der Waals surface area (Å²) in [6.07, 6.45) is 7.47. The molecule has 0 aliphatic carbocycles. The van der Waals surface area contributed by atoms with Crippen LogP contribution in [0.3, 0.4) is 0 Å². The smallest absolute Gasteiger partial charge is 0.106 e. The third kappa shape index (κ3) is 3.71. The molecule has 2 nitrogen and oxygen atoms in total. The number of allylic oxidation sites excluding steroid dienone is 2. The highest BCUT2D eigenvalue weighted by molar-refractivity contribution is 5.85. The molecule has 1 heterocycles. The largest absolute Gasteiger partial charge is 0.497 e. The average Bonchev–Trinajstić information content (AvgIpc) is 1.72. The van der Waals surface area contributed by atoms with Crippen LogP contribution in [0, 0.1) is 0 Å². The Labute approximate surface area is 55.2 Å². The zero-order chi connectivity index (χ0) is 4.24. The van der Waals surface area contributed by atoms with Crippen molar-refractivity contribution in [3.63, 3.8) is 0 Å². The van der Waals surface area contributed by atoms with Crippen LogP contribution in [0.15, 0.2) is 24.5 Å². The molecule has 0 saturated carbocycles. The number of rotatable bonds is 0. The molecular formula is C5H10ClNO. The molecule has 8 heavy (non-hydrogen) atoms. The predicted octanol–water partition coefficient (Wildman–Crippen LogP) is 1.67. The maximum atomic E-state index is 4.80. The van der Waals surface area contributed by atoms with E-state index in [-0.39, 0.29) is 18.6 Å². The lowest BCUT2D eigenvalue weighted by Crippen LogP contribution is -1.82. The first-order valence-electron chi connectivity index (χ1n) is 1.93. The molecule has 3 heteroatoms. The van der Waals surface area contributed by atoms with Crippen molar-refractivity contribution in [1.82, 2.24) is 6.15 Å². The van der Waals surface area contributed by atoms with Crippen molar-refractivity contribution in [3.8, 4) is 0 Å². The van der Waals surface area contributed by atoms with Crippen LogP contribution in [-0.2, 0) is 4.74 Å². The van der Waals surface area contributed by atoms with Gasteiger partial charge in [0.2, 0.25) is 0 Å². The molecule has 0 saturated heterocycles. The van der Waals surface area contributed by atoms with E-state index in [0.29, 0.717) is 0 Å².